The second-order valence-corrected chi connectivity index (χ2v) is 6.85. The number of anilines is 1. The third-order valence-electron chi connectivity index (χ3n) is 5.05. The zero-order chi connectivity index (χ0) is 19.2. The standard InChI is InChI=1S/C20H27N5O2/c1-15-12-19(23-14-22-15)24(2)17-8-10-25(11-9-17)20(26)21-13-16-4-6-18(27-3)7-5-16/h4-7,12,14,17H,8-11,13H2,1-3H3,(H,21,26). The van der Waals surface area contributed by atoms with Crippen LogP contribution in [0.25, 0.3) is 0 Å². The van der Waals surface area contributed by atoms with Crippen molar-refractivity contribution in [2.45, 2.75) is 32.4 Å². The molecule has 0 atom stereocenters. The highest BCUT2D eigenvalue weighted by atomic mass is 16.5. The second kappa shape index (κ2) is 8.70. The summed E-state index contributed by atoms with van der Waals surface area (Å²) in [5.74, 6) is 1.75. The van der Waals surface area contributed by atoms with Crippen LogP contribution in [-0.2, 0) is 6.54 Å². The predicted octanol–water partition coefficient (Wildman–Crippen LogP) is 2.60. The van der Waals surface area contributed by atoms with Gasteiger partial charge in [0.1, 0.15) is 17.9 Å². The van der Waals surface area contributed by atoms with E-state index in [1.165, 1.54) is 0 Å². The molecule has 0 spiro atoms. The van der Waals surface area contributed by atoms with Gasteiger partial charge in [-0.25, -0.2) is 14.8 Å². The summed E-state index contributed by atoms with van der Waals surface area (Å²) in [6.07, 6.45) is 3.45. The summed E-state index contributed by atoms with van der Waals surface area (Å²) in [6, 6.07) is 10.1. The molecule has 0 unspecified atom stereocenters. The van der Waals surface area contributed by atoms with Crippen LogP contribution in [0.1, 0.15) is 24.1 Å². The highest BCUT2D eigenvalue weighted by Gasteiger charge is 2.25. The van der Waals surface area contributed by atoms with Gasteiger partial charge in [0.25, 0.3) is 0 Å². The number of methoxy groups -OCH3 is 1. The number of rotatable bonds is 5. The zero-order valence-corrected chi connectivity index (χ0v) is 16.2. The Bertz CT molecular complexity index is 757. The van der Waals surface area contributed by atoms with Crippen LogP contribution in [0.5, 0.6) is 5.75 Å². The number of piperidine rings is 1. The Hall–Kier alpha value is -2.83. The summed E-state index contributed by atoms with van der Waals surface area (Å²) in [6.45, 7) is 3.97. The topological polar surface area (TPSA) is 70.6 Å². The molecule has 1 aliphatic rings. The molecule has 1 saturated heterocycles. The summed E-state index contributed by atoms with van der Waals surface area (Å²) >= 11 is 0. The Balaban J connectivity index is 1.47. The van der Waals surface area contributed by atoms with Gasteiger partial charge in [0, 0.05) is 44.5 Å². The summed E-state index contributed by atoms with van der Waals surface area (Å²) in [4.78, 5) is 25.0. The maximum Gasteiger partial charge on any atom is 0.317 e. The Morgan fingerprint density at radius 2 is 1.96 bits per heavy atom. The summed E-state index contributed by atoms with van der Waals surface area (Å²) < 4.78 is 5.15. The van der Waals surface area contributed by atoms with Gasteiger partial charge in [-0.2, -0.15) is 0 Å². The van der Waals surface area contributed by atoms with Crippen molar-refractivity contribution in [3.63, 3.8) is 0 Å². The van der Waals surface area contributed by atoms with Crippen molar-refractivity contribution >= 4 is 11.8 Å². The Morgan fingerprint density at radius 3 is 2.59 bits per heavy atom. The molecule has 2 amide bonds. The van der Waals surface area contributed by atoms with E-state index < -0.39 is 0 Å². The number of carbonyl (C=O) groups excluding carboxylic acids is 1. The average molecular weight is 369 g/mol. The first-order chi connectivity index (χ1) is 13.1. The van der Waals surface area contributed by atoms with E-state index >= 15 is 0 Å². The normalized spacial score (nSPS) is 14.7. The van der Waals surface area contributed by atoms with E-state index in [-0.39, 0.29) is 6.03 Å². The molecule has 1 N–H and O–H groups in total. The first-order valence-electron chi connectivity index (χ1n) is 9.24. The van der Waals surface area contributed by atoms with Crippen LogP contribution in [-0.4, -0.2) is 54.2 Å². The van der Waals surface area contributed by atoms with Gasteiger partial charge in [-0.3, -0.25) is 0 Å². The average Bonchev–Trinajstić information content (AvgIpc) is 2.72. The number of hydrogen-bond acceptors (Lipinski definition) is 5. The zero-order valence-electron chi connectivity index (χ0n) is 16.2. The van der Waals surface area contributed by atoms with Crippen molar-refractivity contribution in [3.8, 4) is 5.75 Å². The minimum Gasteiger partial charge on any atom is -0.497 e. The third kappa shape index (κ3) is 4.87. The number of nitrogens with zero attached hydrogens (tertiary/aromatic N) is 4. The quantitative estimate of drug-likeness (QED) is 0.877. The molecule has 1 aromatic heterocycles. The fraction of sp³-hybridized carbons (Fsp3) is 0.450. The van der Waals surface area contributed by atoms with Crippen molar-refractivity contribution in [2.24, 2.45) is 0 Å². The molecular weight excluding hydrogens is 342 g/mol. The van der Waals surface area contributed by atoms with E-state index in [9.17, 15) is 4.79 Å². The van der Waals surface area contributed by atoms with E-state index in [1.54, 1.807) is 13.4 Å². The SMILES string of the molecule is COc1ccc(CNC(=O)N2CCC(N(C)c3cc(C)ncn3)CC2)cc1. The smallest absolute Gasteiger partial charge is 0.317 e. The summed E-state index contributed by atoms with van der Waals surface area (Å²) in [5.41, 5.74) is 2.01. The van der Waals surface area contributed by atoms with Gasteiger partial charge >= 0.3 is 6.03 Å². The first kappa shape index (κ1) is 18.9. The van der Waals surface area contributed by atoms with Crippen LogP contribution in [0.15, 0.2) is 36.7 Å². The van der Waals surface area contributed by atoms with E-state index in [0.29, 0.717) is 12.6 Å². The number of likely N-dealkylation sites (tertiary alicyclic amines) is 1. The van der Waals surface area contributed by atoms with Crippen LogP contribution in [0.3, 0.4) is 0 Å². The van der Waals surface area contributed by atoms with E-state index in [4.69, 9.17) is 4.74 Å². The van der Waals surface area contributed by atoms with Crippen molar-refractivity contribution in [2.75, 3.05) is 32.1 Å². The highest BCUT2D eigenvalue weighted by Crippen LogP contribution is 2.20. The number of nitrogens with one attached hydrogen (secondary N) is 1. The lowest BCUT2D eigenvalue weighted by atomic mass is 10.0. The maximum atomic E-state index is 12.4. The third-order valence-corrected chi connectivity index (χ3v) is 5.05. The molecule has 2 aromatic rings. The maximum absolute atomic E-state index is 12.4. The lowest BCUT2D eigenvalue weighted by Crippen LogP contribution is -2.48. The van der Waals surface area contributed by atoms with E-state index in [1.807, 2.05) is 42.2 Å². The minimum absolute atomic E-state index is 0.00944. The largest absolute Gasteiger partial charge is 0.497 e. The highest BCUT2D eigenvalue weighted by molar-refractivity contribution is 5.74. The molecule has 3 rings (SSSR count). The molecule has 0 bridgehead atoms. The van der Waals surface area contributed by atoms with Crippen LogP contribution < -0.4 is 15.0 Å². The van der Waals surface area contributed by atoms with Crippen LogP contribution in [0.2, 0.25) is 0 Å². The fourth-order valence-corrected chi connectivity index (χ4v) is 3.31. The number of urea groups is 1. The first-order valence-corrected chi connectivity index (χ1v) is 9.24. The van der Waals surface area contributed by atoms with Gasteiger partial charge in [0.05, 0.1) is 7.11 Å². The molecule has 1 fully saturated rings. The van der Waals surface area contributed by atoms with Gasteiger partial charge < -0.3 is 19.9 Å². The lowest BCUT2D eigenvalue weighted by molar-refractivity contribution is 0.180. The Labute approximate surface area is 160 Å². The van der Waals surface area contributed by atoms with E-state index in [2.05, 4.69) is 27.2 Å². The number of hydrogen-bond donors (Lipinski definition) is 1. The number of ether oxygens (including phenoxy) is 1. The Kier molecular flexibility index (Phi) is 6.11. The molecule has 0 aliphatic carbocycles. The minimum atomic E-state index is -0.00944. The van der Waals surface area contributed by atoms with Crippen molar-refractivity contribution < 1.29 is 9.53 Å². The van der Waals surface area contributed by atoms with Crippen LogP contribution >= 0.6 is 0 Å². The number of aromatic nitrogens is 2. The molecule has 1 aliphatic heterocycles. The molecule has 0 saturated carbocycles. The van der Waals surface area contributed by atoms with Crippen molar-refractivity contribution in [1.82, 2.24) is 20.2 Å². The molecule has 7 heteroatoms. The molecule has 1 aromatic carbocycles. The predicted molar refractivity (Wildman–Crippen MR) is 105 cm³/mol. The van der Waals surface area contributed by atoms with Gasteiger partial charge in [0.2, 0.25) is 0 Å². The van der Waals surface area contributed by atoms with Crippen LogP contribution in [0, 0.1) is 6.92 Å². The molecule has 2 heterocycles. The summed E-state index contributed by atoms with van der Waals surface area (Å²) in [7, 11) is 3.70. The van der Waals surface area contributed by atoms with E-state index in [0.717, 1.165) is 48.8 Å². The lowest BCUT2D eigenvalue weighted by Gasteiger charge is -2.37. The van der Waals surface area contributed by atoms with Gasteiger partial charge in [0.15, 0.2) is 0 Å². The van der Waals surface area contributed by atoms with Gasteiger partial charge in [-0.05, 0) is 37.5 Å². The molecule has 0 radical (unpaired) electrons. The molecular formula is C20H27N5O2. The number of amides is 2. The summed E-state index contributed by atoms with van der Waals surface area (Å²) in [5, 5.41) is 3.00. The number of carbonyl (C=O) groups is 1. The second-order valence-electron chi connectivity index (χ2n) is 6.85. The van der Waals surface area contributed by atoms with Gasteiger partial charge in [-0.1, -0.05) is 12.1 Å². The molecule has 144 valence electrons. The van der Waals surface area contributed by atoms with Crippen molar-refractivity contribution in [3.05, 3.63) is 47.9 Å². The molecule has 7 nitrogen and oxygen atoms in total. The Morgan fingerprint density at radius 1 is 1.26 bits per heavy atom. The van der Waals surface area contributed by atoms with Crippen LogP contribution in [0.4, 0.5) is 10.6 Å². The van der Waals surface area contributed by atoms with Crippen molar-refractivity contribution in [1.29, 1.82) is 0 Å². The fourth-order valence-electron chi connectivity index (χ4n) is 3.31. The number of benzene rings is 1. The monoisotopic (exact) mass is 369 g/mol. The molecule has 27 heavy (non-hydrogen) atoms. The van der Waals surface area contributed by atoms with Gasteiger partial charge in [-0.15, -0.1) is 0 Å². The number of aryl methyl sites for hydroxylation is 1.